The highest BCUT2D eigenvalue weighted by molar-refractivity contribution is 5.99. The molecule has 3 atom stereocenters. The highest BCUT2D eigenvalue weighted by atomic mass is 16.3. The Hall–Kier alpha value is -2.08. The van der Waals surface area contributed by atoms with E-state index >= 15 is 0 Å². The minimum Gasteiger partial charge on any atom is -0.460 e. The fraction of sp³-hybridized carbons (Fsp3) is 0.556. The number of hydrogen-bond acceptors (Lipinski definition) is 5. The number of furan rings is 1. The van der Waals surface area contributed by atoms with Crippen molar-refractivity contribution in [3.63, 3.8) is 0 Å². The van der Waals surface area contributed by atoms with Crippen LogP contribution in [-0.4, -0.2) is 42.6 Å². The number of carbonyl (C=O) groups excluding carboxylic acids is 1. The first kappa shape index (κ1) is 14.3. The van der Waals surface area contributed by atoms with E-state index in [1.807, 2.05) is 6.07 Å². The van der Waals surface area contributed by atoms with Crippen molar-refractivity contribution in [2.45, 2.75) is 37.8 Å². The summed E-state index contributed by atoms with van der Waals surface area (Å²) < 4.78 is 5.62. The zero-order valence-corrected chi connectivity index (χ0v) is 13.6. The molecule has 1 aliphatic carbocycles. The van der Waals surface area contributed by atoms with E-state index in [0.29, 0.717) is 17.7 Å². The molecule has 2 saturated heterocycles. The van der Waals surface area contributed by atoms with Crippen molar-refractivity contribution < 1.29 is 9.21 Å². The van der Waals surface area contributed by atoms with Crippen LogP contribution in [-0.2, 0) is 0 Å². The molecule has 2 aliphatic heterocycles. The van der Waals surface area contributed by atoms with Crippen LogP contribution in [0.1, 0.15) is 36.2 Å². The van der Waals surface area contributed by atoms with E-state index < -0.39 is 0 Å². The molecule has 0 aromatic carbocycles. The summed E-state index contributed by atoms with van der Waals surface area (Å²) in [5.74, 6) is 0.635. The number of hydrogen-bond donors (Lipinski definition) is 2. The Morgan fingerprint density at radius 2 is 2.21 bits per heavy atom. The summed E-state index contributed by atoms with van der Waals surface area (Å²) in [6.45, 7) is 3.19. The van der Waals surface area contributed by atoms with Crippen LogP contribution in [0.3, 0.4) is 0 Å². The third kappa shape index (κ3) is 2.28. The van der Waals surface area contributed by atoms with E-state index in [1.54, 1.807) is 12.5 Å². The quantitative estimate of drug-likeness (QED) is 0.902. The van der Waals surface area contributed by atoms with E-state index in [-0.39, 0.29) is 11.9 Å². The molecule has 0 radical (unpaired) electrons. The third-order valence-electron chi connectivity index (χ3n) is 5.77. The van der Waals surface area contributed by atoms with Crippen LogP contribution in [0, 0.1) is 5.92 Å². The Morgan fingerprint density at radius 1 is 1.33 bits per heavy atom. The maximum Gasteiger partial charge on any atom is 0.270 e. The molecule has 24 heavy (non-hydrogen) atoms. The first-order valence-electron chi connectivity index (χ1n) is 8.94. The predicted octanol–water partition coefficient (Wildman–Crippen LogP) is 1.91. The van der Waals surface area contributed by atoms with E-state index in [4.69, 9.17) is 4.42 Å². The molecule has 4 heterocycles. The van der Waals surface area contributed by atoms with Crippen LogP contribution in [0.25, 0.3) is 11.0 Å². The summed E-state index contributed by atoms with van der Waals surface area (Å²) in [6, 6.07) is 2.54. The molecule has 3 fully saturated rings. The molecule has 3 aliphatic rings. The lowest BCUT2D eigenvalue weighted by Crippen LogP contribution is -2.48. The number of rotatable bonds is 3. The van der Waals surface area contributed by atoms with E-state index in [9.17, 15) is 4.79 Å². The Bertz CT molecular complexity index is 780. The number of amides is 1. The average molecular weight is 326 g/mol. The maximum absolute atomic E-state index is 12.6. The Labute approximate surface area is 140 Å². The molecule has 0 spiro atoms. The van der Waals surface area contributed by atoms with Gasteiger partial charge in [0.15, 0.2) is 5.58 Å². The van der Waals surface area contributed by atoms with Gasteiger partial charge in [0.1, 0.15) is 12.0 Å². The lowest BCUT2D eigenvalue weighted by Gasteiger charge is -2.23. The van der Waals surface area contributed by atoms with Crippen LogP contribution in [0.5, 0.6) is 0 Å². The van der Waals surface area contributed by atoms with E-state index in [2.05, 4.69) is 20.5 Å². The smallest absolute Gasteiger partial charge is 0.270 e. The van der Waals surface area contributed by atoms with Crippen LogP contribution < -0.4 is 15.5 Å². The number of aromatic nitrogens is 1. The topological polar surface area (TPSA) is 70.4 Å². The molecule has 2 bridgehead atoms. The largest absolute Gasteiger partial charge is 0.460 e. The van der Waals surface area contributed by atoms with Crippen molar-refractivity contribution in [2.75, 3.05) is 24.5 Å². The molecule has 1 saturated carbocycles. The number of pyridine rings is 1. The molecule has 1 amide bonds. The SMILES string of the molecule is O=C(NC1CC2CNC1C2)c1cc2c(N3CCCC3)coc2cn1. The van der Waals surface area contributed by atoms with Gasteiger partial charge in [0, 0.05) is 30.6 Å². The maximum atomic E-state index is 12.6. The van der Waals surface area contributed by atoms with Gasteiger partial charge in [0.2, 0.25) is 0 Å². The second kappa shape index (κ2) is 5.48. The fourth-order valence-corrected chi connectivity index (χ4v) is 4.50. The normalized spacial score (nSPS) is 28.8. The van der Waals surface area contributed by atoms with Crippen molar-refractivity contribution in [1.82, 2.24) is 15.6 Å². The molecule has 3 unspecified atom stereocenters. The lowest BCUT2D eigenvalue weighted by atomic mass is 10.1. The second-order valence-electron chi connectivity index (χ2n) is 7.31. The standard InChI is InChI=1S/C18H22N4O2/c23-18(21-14-6-11-5-13(14)19-8-11)15-7-12-16(22-3-1-2-4-22)10-24-17(12)9-20-15/h7,9-11,13-14,19H,1-6,8H2,(H,21,23). The average Bonchev–Trinajstić information content (AvgIpc) is 3.36. The van der Waals surface area contributed by atoms with Gasteiger partial charge in [-0.2, -0.15) is 0 Å². The molecule has 5 rings (SSSR count). The van der Waals surface area contributed by atoms with Gasteiger partial charge in [-0.3, -0.25) is 4.79 Å². The summed E-state index contributed by atoms with van der Waals surface area (Å²) in [7, 11) is 0. The fourth-order valence-electron chi connectivity index (χ4n) is 4.50. The summed E-state index contributed by atoms with van der Waals surface area (Å²) in [5, 5.41) is 7.63. The van der Waals surface area contributed by atoms with Gasteiger partial charge in [-0.05, 0) is 44.2 Å². The molecule has 6 nitrogen and oxygen atoms in total. The number of carbonyl (C=O) groups is 1. The number of piperidine rings is 1. The number of nitrogens with one attached hydrogen (secondary N) is 2. The minimum absolute atomic E-state index is 0.0789. The summed E-state index contributed by atoms with van der Waals surface area (Å²) in [4.78, 5) is 19.3. The molecule has 2 N–H and O–H groups in total. The summed E-state index contributed by atoms with van der Waals surface area (Å²) in [6.07, 6.45) is 8.14. The van der Waals surface area contributed by atoms with E-state index in [0.717, 1.165) is 42.7 Å². The second-order valence-corrected chi connectivity index (χ2v) is 7.31. The first-order valence-corrected chi connectivity index (χ1v) is 8.94. The molecular weight excluding hydrogens is 304 g/mol. The third-order valence-corrected chi connectivity index (χ3v) is 5.77. The molecule has 6 heteroatoms. The summed E-state index contributed by atoms with van der Waals surface area (Å²) >= 11 is 0. The van der Waals surface area contributed by atoms with Crippen molar-refractivity contribution in [3.8, 4) is 0 Å². The lowest BCUT2D eigenvalue weighted by molar-refractivity contribution is 0.0923. The Morgan fingerprint density at radius 3 is 2.96 bits per heavy atom. The molecule has 2 aromatic rings. The Kier molecular flexibility index (Phi) is 3.26. The minimum atomic E-state index is -0.0789. The van der Waals surface area contributed by atoms with Crippen molar-refractivity contribution in [1.29, 1.82) is 0 Å². The molecule has 2 aromatic heterocycles. The number of fused-ring (bicyclic) bond motifs is 3. The van der Waals surface area contributed by atoms with Gasteiger partial charge in [0.05, 0.1) is 11.9 Å². The van der Waals surface area contributed by atoms with Crippen LogP contribution in [0.4, 0.5) is 5.69 Å². The highest BCUT2D eigenvalue weighted by Gasteiger charge is 2.40. The van der Waals surface area contributed by atoms with Gasteiger partial charge in [-0.1, -0.05) is 0 Å². The Balaban J connectivity index is 1.40. The van der Waals surface area contributed by atoms with Gasteiger partial charge < -0.3 is 20.0 Å². The van der Waals surface area contributed by atoms with Gasteiger partial charge in [-0.15, -0.1) is 0 Å². The van der Waals surface area contributed by atoms with Crippen LogP contribution >= 0.6 is 0 Å². The van der Waals surface area contributed by atoms with Crippen molar-refractivity contribution in [3.05, 3.63) is 24.2 Å². The van der Waals surface area contributed by atoms with Gasteiger partial charge in [-0.25, -0.2) is 4.98 Å². The molecular formula is C18H22N4O2. The van der Waals surface area contributed by atoms with Crippen LogP contribution in [0.15, 0.2) is 22.9 Å². The first-order chi connectivity index (χ1) is 11.8. The predicted molar refractivity (Wildman–Crippen MR) is 91.2 cm³/mol. The van der Waals surface area contributed by atoms with E-state index in [1.165, 1.54) is 19.3 Å². The van der Waals surface area contributed by atoms with Gasteiger partial charge >= 0.3 is 0 Å². The number of nitrogens with zero attached hydrogens (tertiary/aromatic N) is 2. The molecule has 126 valence electrons. The van der Waals surface area contributed by atoms with Crippen LogP contribution in [0.2, 0.25) is 0 Å². The van der Waals surface area contributed by atoms with Crippen molar-refractivity contribution >= 4 is 22.6 Å². The highest BCUT2D eigenvalue weighted by Crippen LogP contribution is 2.33. The summed E-state index contributed by atoms with van der Waals surface area (Å²) in [5.41, 5.74) is 2.31. The number of anilines is 1. The van der Waals surface area contributed by atoms with Gasteiger partial charge in [0.25, 0.3) is 5.91 Å². The zero-order valence-electron chi connectivity index (χ0n) is 13.6. The monoisotopic (exact) mass is 326 g/mol. The van der Waals surface area contributed by atoms with Crippen molar-refractivity contribution in [2.24, 2.45) is 5.92 Å². The zero-order chi connectivity index (χ0) is 16.1.